The summed E-state index contributed by atoms with van der Waals surface area (Å²) in [5.74, 6) is 0. The summed E-state index contributed by atoms with van der Waals surface area (Å²) < 4.78 is 10.8. The first kappa shape index (κ1) is 14.9. The maximum Gasteiger partial charge on any atom is 0.0644 e. The number of methoxy groups -OCH3 is 1. The van der Waals surface area contributed by atoms with Crippen LogP contribution in [0, 0.1) is 0 Å². The molecule has 0 saturated carbocycles. The number of hydrogen-bond donors (Lipinski definition) is 1. The third-order valence-corrected chi connectivity index (χ3v) is 2.53. The normalized spacial score (nSPS) is 12.0. The van der Waals surface area contributed by atoms with E-state index in [4.69, 9.17) is 9.47 Å². The summed E-state index contributed by atoms with van der Waals surface area (Å²) in [5, 5.41) is 3.34. The van der Waals surface area contributed by atoms with Crippen molar-refractivity contribution in [3.05, 3.63) is 0 Å². The first-order chi connectivity index (χ1) is 7.12. The lowest BCUT2D eigenvalue weighted by atomic mass is 10.1. The lowest BCUT2D eigenvalue weighted by Crippen LogP contribution is -2.26. The Morgan fingerprint density at radius 2 is 1.87 bits per heavy atom. The summed E-state index contributed by atoms with van der Waals surface area (Å²) in [6.07, 6.45) is 3.44. The van der Waals surface area contributed by atoms with Crippen LogP contribution in [0.15, 0.2) is 0 Å². The maximum absolute atomic E-state index is 5.51. The SMILES string of the molecule is CCCCNCCOCCC(C)(C)OC. The van der Waals surface area contributed by atoms with Crippen molar-refractivity contribution in [2.24, 2.45) is 0 Å². The van der Waals surface area contributed by atoms with Crippen LogP contribution in [0.4, 0.5) is 0 Å². The number of hydrogen-bond acceptors (Lipinski definition) is 3. The van der Waals surface area contributed by atoms with Gasteiger partial charge in [-0.25, -0.2) is 0 Å². The van der Waals surface area contributed by atoms with E-state index in [1.807, 2.05) is 0 Å². The predicted molar refractivity (Wildman–Crippen MR) is 64.3 cm³/mol. The smallest absolute Gasteiger partial charge is 0.0644 e. The van der Waals surface area contributed by atoms with E-state index in [9.17, 15) is 0 Å². The van der Waals surface area contributed by atoms with Gasteiger partial charge in [-0.3, -0.25) is 0 Å². The molecular formula is C12H27NO2. The van der Waals surface area contributed by atoms with Crippen LogP contribution in [0.25, 0.3) is 0 Å². The fourth-order valence-electron chi connectivity index (χ4n) is 1.09. The van der Waals surface area contributed by atoms with Crippen molar-refractivity contribution in [1.82, 2.24) is 5.32 Å². The zero-order chi connectivity index (χ0) is 11.6. The van der Waals surface area contributed by atoms with Crippen LogP contribution >= 0.6 is 0 Å². The summed E-state index contributed by atoms with van der Waals surface area (Å²) in [4.78, 5) is 0. The Hall–Kier alpha value is -0.120. The summed E-state index contributed by atoms with van der Waals surface area (Å²) >= 11 is 0. The van der Waals surface area contributed by atoms with E-state index in [0.29, 0.717) is 0 Å². The Bertz CT molecular complexity index is 138. The molecule has 0 atom stereocenters. The molecule has 0 aromatic carbocycles. The molecule has 1 N–H and O–H groups in total. The van der Waals surface area contributed by atoms with Crippen molar-refractivity contribution in [1.29, 1.82) is 0 Å². The average molecular weight is 217 g/mol. The Morgan fingerprint density at radius 1 is 1.13 bits per heavy atom. The van der Waals surface area contributed by atoms with E-state index in [2.05, 4.69) is 26.1 Å². The molecule has 15 heavy (non-hydrogen) atoms. The van der Waals surface area contributed by atoms with Crippen LogP contribution in [0.1, 0.15) is 40.0 Å². The van der Waals surface area contributed by atoms with Gasteiger partial charge < -0.3 is 14.8 Å². The molecule has 0 radical (unpaired) electrons. The van der Waals surface area contributed by atoms with Gasteiger partial charge in [-0.15, -0.1) is 0 Å². The minimum absolute atomic E-state index is 0.0599. The number of rotatable bonds is 10. The van der Waals surface area contributed by atoms with Crippen LogP contribution in [-0.2, 0) is 9.47 Å². The molecule has 0 aromatic heterocycles. The zero-order valence-corrected chi connectivity index (χ0v) is 10.8. The van der Waals surface area contributed by atoms with Crippen LogP contribution < -0.4 is 5.32 Å². The van der Waals surface area contributed by atoms with Crippen molar-refractivity contribution in [2.75, 3.05) is 33.4 Å². The standard InChI is InChI=1S/C12H27NO2/c1-5-6-8-13-9-11-15-10-7-12(2,3)14-4/h13H,5-11H2,1-4H3. The molecule has 3 heteroatoms. The van der Waals surface area contributed by atoms with Crippen molar-refractivity contribution in [3.63, 3.8) is 0 Å². The van der Waals surface area contributed by atoms with Crippen LogP contribution in [0.5, 0.6) is 0 Å². The predicted octanol–water partition coefficient (Wildman–Crippen LogP) is 2.21. The van der Waals surface area contributed by atoms with Crippen molar-refractivity contribution < 1.29 is 9.47 Å². The Morgan fingerprint density at radius 3 is 2.47 bits per heavy atom. The van der Waals surface area contributed by atoms with Gasteiger partial charge in [0.05, 0.1) is 12.2 Å². The monoisotopic (exact) mass is 217 g/mol. The summed E-state index contributed by atoms with van der Waals surface area (Å²) in [5.41, 5.74) is -0.0599. The minimum Gasteiger partial charge on any atom is -0.380 e. The second kappa shape index (κ2) is 9.13. The van der Waals surface area contributed by atoms with Crippen LogP contribution in [0.3, 0.4) is 0 Å². The van der Waals surface area contributed by atoms with Gasteiger partial charge in [0.15, 0.2) is 0 Å². The van der Waals surface area contributed by atoms with E-state index >= 15 is 0 Å². The molecule has 0 aliphatic heterocycles. The lowest BCUT2D eigenvalue weighted by molar-refractivity contribution is -0.00934. The average Bonchev–Trinajstić information content (AvgIpc) is 2.22. The molecule has 0 bridgehead atoms. The second-order valence-corrected chi connectivity index (χ2v) is 4.43. The lowest BCUT2D eigenvalue weighted by Gasteiger charge is -2.22. The first-order valence-electron chi connectivity index (χ1n) is 5.96. The third-order valence-electron chi connectivity index (χ3n) is 2.53. The molecule has 0 amide bonds. The zero-order valence-electron chi connectivity index (χ0n) is 10.8. The van der Waals surface area contributed by atoms with Gasteiger partial charge in [0, 0.05) is 20.3 Å². The number of nitrogens with one attached hydrogen (secondary N) is 1. The molecule has 0 saturated heterocycles. The molecule has 92 valence electrons. The fourth-order valence-corrected chi connectivity index (χ4v) is 1.09. The van der Waals surface area contributed by atoms with Crippen molar-refractivity contribution in [3.8, 4) is 0 Å². The topological polar surface area (TPSA) is 30.5 Å². The van der Waals surface area contributed by atoms with E-state index in [1.54, 1.807) is 7.11 Å². The van der Waals surface area contributed by atoms with Crippen molar-refractivity contribution in [2.45, 2.75) is 45.6 Å². The summed E-state index contributed by atoms with van der Waals surface area (Å²) in [7, 11) is 1.74. The van der Waals surface area contributed by atoms with Gasteiger partial charge >= 0.3 is 0 Å². The molecule has 0 spiro atoms. The minimum atomic E-state index is -0.0599. The fraction of sp³-hybridized carbons (Fsp3) is 1.00. The molecule has 0 fully saturated rings. The Labute approximate surface area is 94.5 Å². The van der Waals surface area contributed by atoms with Gasteiger partial charge in [0.2, 0.25) is 0 Å². The highest BCUT2D eigenvalue weighted by atomic mass is 16.5. The second-order valence-electron chi connectivity index (χ2n) is 4.43. The maximum atomic E-state index is 5.51. The van der Waals surface area contributed by atoms with Crippen LogP contribution in [-0.4, -0.2) is 39.0 Å². The van der Waals surface area contributed by atoms with Crippen molar-refractivity contribution >= 4 is 0 Å². The van der Waals surface area contributed by atoms with E-state index in [1.165, 1.54) is 12.8 Å². The Balaban J connectivity index is 3.11. The highest BCUT2D eigenvalue weighted by Crippen LogP contribution is 2.12. The molecule has 0 rings (SSSR count). The van der Waals surface area contributed by atoms with Gasteiger partial charge in [0.1, 0.15) is 0 Å². The first-order valence-corrected chi connectivity index (χ1v) is 5.96. The molecule has 0 unspecified atom stereocenters. The highest BCUT2D eigenvalue weighted by molar-refractivity contribution is 4.66. The highest BCUT2D eigenvalue weighted by Gasteiger charge is 2.15. The van der Waals surface area contributed by atoms with E-state index in [-0.39, 0.29) is 5.60 Å². The number of ether oxygens (including phenoxy) is 2. The quantitative estimate of drug-likeness (QED) is 0.569. The largest absolute Gasteiger partial charge is 0.380 e. The molecular weight excluding hydrogens is 190 g/mol. The van der Waals surface area contributed by atoms with Gasteiger partial charge in [-0.05, 0) is 33.2 Å². The summed E-state index contributed by atoms with van der Waals surface area (Å²) in [6, 6.07) is 0. The van der Waals surface area contributed by atoms with Gasteiger partial charge in [-0.2, -0.15) is 0 Å². The van der Waals surface area contributed by atoms with Gasteiger partial charge in [-0.1, -0.05) is 13.3 Å². The van der Waals surface area contributed by atoms with E-state index in [0.717, 1.165) is 32.7 Å². The summed E-state index contributed by atoms with van der Waals surface area (Å²) in [6.45, 7) is 9.98. The molecule has 3 nitrogen and oxygen atoms in total. The Kier molecular flexibility index (Phi) is 9.06. The van der Waals surface area contributed by atoms with E-state index < -0.39 is 0 Å². The molecule has 0 aromatic rings. The number of unbranched alkanes of at least 4 members (excludes halogenated alkanes) is 1. The third kappa shape index (κ3) is 10.2. The van der Waals surface area contributed by atoms with Gasteiger partial charge in [0.25, 0.3) is 0 Å². The molecule has 0 heterocycles. The van der Waals surface area contributed by atoms with Crippen LogP contribution in [0.2, 0.25) is 0 Å². The molecule has 0 aliphatic rings. The molecule has 0 aliphatic carbocycles.